The zero-order valence-corrected chi connectivity index (χ0v) is 15.3. The van der Waals surface area contributed by atoms with Gasteiger partial charge in [-0.2, -0.15) is 0 Å². The maximum atomic E-state index is 12.1. The van der Waals surface area contributed by atoms with E-state index >= 15 is 0 Å². The van der Waals surface area contributed by atoms with Gasteiger partial charge in [0.25, 0.3) is 0 Å². The summed E-state index contributed by atoms with van der Waals surface area (Å²) in [6.07, 6.45) is 3.48. The Labute approximate surface area is 158 Å². The number of rotatable bonds is 7. The van der Waals surface area contributed by atoms with Crippen molar-refractivity contribution >= 4 is 11.6 Å². The number of ether oxygens (including phenoxy) is 2. The quantitative estimate of drug-likeness (QED) is 0.678. The largest absolute Gasteiger partial charge is 0.493 e. The van der Waals surface area contributed by atoms with E-state index in [-0.39, 0.29) is 18.3 Å². The fourth-order valence-electron chi connectivity index (χ4n) is 2.41. The zero-order chi connectivity index (χ0) is 19.1. The van der Waals surface area contributed by atoms with E-state index in [1.54, 1.807) is 42.7 Å². The van der Waals surface area contributed by atoms with Gasteiger partial charge in [-0.05, 0) is 61.4 Å². The van der Waals surface area contributed by atoms with Crippen LogP contribution < -0.4 is 14.8 Å². The Morgan fingerprint density at radius 2 is 1.74 bits per heavy atom. The number of aromatic nitrogens is 2. The highest BCUT2D eigenvalue weighted by Crippen LogP contribution is 2.21. The average molecular weight is 363 g/mol. The van der Waals surface area contributed by atoms with Crippen LogP contribution in [0.15, 0.2) is 60.9 Å². The number of nitrogens with zero attached hydrogens (tertiary/aromatic N) is 2. The normalized spacial score (nSPS) is 10.3. The van der Waals surface area contributed by atoms with Crippen LogP contribution in [0.25, 0.3) is 0 Å². The second-order valence-corrected chi connectivity index (χ2v) is 6.00. The van der Waals surface area contributed by atoms with Crippen molar-refractivity contribution in [2.24, 2.45) is 0 Å². The molecule has 1 aromatic heterocycles. The highest BCUT2D eigenvalue weighted by atomic mass is 16.5. The third kappa shape index (κ3) is 5.28. The molecule has 0 radical (unpaired) electrons. The fourth-order valence-corrected chi connectivity index (χ4v) is 2.41. The van der Waals surface area contributed by atoms with E-state index < -0.39 is 0 Å². The lowest BCUT2D eigenvalue weighted by atomic mass is 10.1. The van der Waals surface area contributed by atoms with Crippen LogP contribution in [-0.4, -0.2) is 22.5 Å². The first-order valence-corrected chi connectivity index (χ1v) is 8.65. The van der Waals surface area contributed by atoms with Gasteiger partial charge in [0, 0.05) is 18.1 Å². The topological polar surface area (TPSA) is 73.3 Å². The van der Waals surface area contributed by atoms with E-state index in [2.05, 4.69) is 15.3 Å². The first kappa shape index (κ1) is 18.4. The smallest absolute Gasteiger partial charge is 0.321 e. The Morgan fingerprint density at radius 3 is 2.48 bits per heavy atom. The van der Waals surface area contributed by atoms with Crippen LogP contribution in [0.5, 0.6) is 17.5 Å². The summed E-state index contributed by atoms with van der Waals surface area (Å²) in [5, 5.41) is 2.84. The number of carbonyl (C=O) groups is 1. The molecule has 6 nitrogen and oxygen atoms in total. The second-order valence-electron chi connectivity index (χ2n) is 6.00. The predicted octanol–water partition coefficient (Wildman–Crippen LogP) is 4.29. The van der Waals surface area contributed by atoms with Crippen molar-refractivity contribution in [3.05, 3.63) is 72.1 Å². The second kappa shape index (κ2) is 8.80. The number of carbonyl (C=O) groups excluding carboxylic acids is 1. The van der Waals surface area contributed by atoms with Gasteiger partial charge in [0.15, 0.2) is 0 Å². The number of hydrogen-bond acceptors (Lipinski definition) is 5. The van der Waals surface area contributed by atoms with Gasteiger partial charge in [-0.25, -0.2) is 9.97 Å². The van der Waals surface area contributed by atoms with E-state index in [9.17, 15) is 4.79 Å². The molecular weight excluding hydrogens is 342 g/mol. The number of amides is 1. The summed E-state index contributed by atoms with van der Waals surface area (Å²) >= 11 is 0. The van der Waals surface area contributed by atoms with E-state index in [0.717, 1.165) is 11.3 Å². The van der Waals surface area contributed by atoms with Crippen molar-refractivity contribution in [1.82, 2.24) is 9.97 Å². The van der Waals surface area contributed by atoms with Crippen molar-refractivity contribution in [3.63, 3.8) is 0 Å². The van der Waals surface area contributed by atoms with Gasteiger partial charge in [-0.15, -0.1) is 0 Å². The lowest BCUT2D eigenvalue weighted by molar-refractivity contribution is -0.116. The molecule has 0 atom stereocenters. The van der Waals surface area contributed by atoms with Crippen molar-refractivity contribution in [2.45, 2.75) is 20.3 Å². The molecule has 0 bridgehead atoms. The highest BCUT2D eigenvalue weighted by Gasteiger charge is 2.06. The van der Waals surface area contributed by atoms with Crippen molar-refractivity contribution in [2.75, 3.05) is 11.9 Å². The standard InChI is InChI=1S/C21H21N3O3/c1-15-5-3-6-19(16(15)2)26-14-11-20(25)24-17-7-9-18(10-8-17)27-21-22-12-4-13-23-21/h3-10,12-13H,11,14H2,1-2H3,(H,24,25). The molecule has 3 rings (SSSR count). The lowest BCUT2D eigenvalue weighted by Gasteiger charge is -2.11. The molecule has 1 heterocycles. The van der Waals surface area contributed by atoms with Crippen LogP contribution in [-0.2, 0) is 4.79 Å². The van der Waals surface area contributed by atoms with E-state index in [1.165, 1.54) is 5.56 Å². The molecule has 0 saturated carbocycles. The third-order valence-electron chi connectivity index (χ3n) is 4.03. The van der Waals surface area contributed by atoms with E-state index in [0.29, 0.717) is 18.0 Å². The molecular formula is C21H21N3O3. The Balaban J connectivity index is 1.47. The summed E-state index contributed by atoms with van der Waals surface area (Å²) in [7, 11) is 0. The van der Waals surface area contributed by atoms with Crippen LogP contribution >= 0.6 is 0 Å². The highest BCUT2D eigenvalue weighted by molar-refractivity contribution is 5.90. The SMILES string of the molecule is Cc1cccc(OCCC(=O)Nc2ccc(Oc3ncccn3)cc2)c1C. The molecule has 6 heteroatoms. The molecule has 1 amide bonds. The number of benzene rings is 2. The predicted molar refractivity (Wildman–Crippen MR) is 103 cm³/mol. The van der Waals surface area contributed by atoms with Crippen molar-refractivity contribution in [1.29, 1.82) is 0 Å². The molecule has 0 aliphatic rings. The summed E-state index contributed by atoms with van der Waals surface area (Å²) < 4.78 is 11.2. The maximum Gasteiger partial charge on any atom is 0.321 e. The number of nitrogens with one attached hydrogen (secondary N) is 1. The number of aryl methyl sites for hydroxylation is 1. The molecule has 1 N–H and O–H groups in total. The lowest BCUT2D eigenvalue weighted by Crippen LogP contribution is -2.15. The third-order valence-corrected chi connectivity index (χ3v) is 4.03. The van der Waals surface area contributed by atoms with Crippen LogP contribution in [0.3, 0.4) is 0 Å². The molecule has 2 aromatic carbocycles. The summed E-state index contributed by atoms with van der Waals surface area (Å²) in [6, 6.07) is 14.9. The van der Waals surface area contributed by atoms with Crippen LogP contribution in [0, 0.1) is 13.8 Å². The van der Waals surface area contributed by atoms with Gasteiger partial charge in [-0.1, -0.05) is 12.1 Å². The molecule has 0 saturated heterocycles. The first-order valence-electron chi connectivity index (χ1n) is 8.65. The number of anilines is 1. The fraction of sp³-hybridized carbons (Fsp3) is 0.190. The van der Waals surface area contributed by atoms with Gasteiger partial charge >= 0.3 is 6.01 Å². The molecule has 0 fully saturated rings. The van der Waals surface area contributed by atoms with E-state index in [1.807, 2.05) is 32.0 Å². The van der Waals surface area contributed by atoms with Gasteiger partial charge in [0.05, 0.1) is 13.0 Å². The maximum absolute atomic E-state index is 12.1. The van der Waals surface area contributed by atoms with Gasteiger partial charge < -0.3 is 14.8 Å². The van der Waals surface area contributed by atoms with Crippen LogP contribution in [0.2, 0.25) is 0 Å². The monoisotopic (exact) mass is 363 g/mol. The Kier molecular flexibility index (Phi) is 5.99. The minimum Gasteiger partial charge on any atom is -0.493 e. The molecule has 0 aliphatic carbocycles. The molecule has 0 aliphatic heterocycles. The average Bonchev–Trinajstić information content (AvgIpc) is 2.67. The molecule has 3 aromatic rings. The van der Waals surface area contributed by atoms with Crippen LogP contribution in [0.4, 0.5) is 5.69 Å². The van der Waals surface area contributed by atoms with Gasteiger partial charge in [0.2, 0.25) is 5.91 Å². The Hall–Kier alpha value is -3.41. The van der Waals surface area contributed by atoms with E-state index in [4.69, 9.17) is 9.47 Å². The molecule has 0 spiro atoms. The van der Waals surface area contributed by atoms with Gasteiger partial charge in [-0.3, -0.25) is 4.79 Å². The van der Waals surface area contributed by atoms with Crippen molar-refractivity contribution < 1.29 is 14.3 Å². The summed E-state index contributed by atoms with van der Waals surface area (Å²) in [5.74, 6) is 1.30. The first-order chi connectivity index (χ1) is 13.1. The molecule has 138 valence electrons. The van der Waals surface area contributed by atoms with Crippen LogP contribution in [0.1, 0.15) is 17.5 Å². The summed E-state index contributed by atoms with van der Waals surface area (Å²) in [5.41, 5.74) is 2.95. The molecule has 0 unspecified atom stereocenters. The molecule has 27 heavy (non-hydrogen) atoms. The summed E-state index contributed by atoms with van der Waals surface area (Å²) in [4.78, 5) is 20.1. The Morgan fingerprint density at radius 1 is 1.00 bits per heavy atom. The zero-order valence-electron chi connectivity index (χ0n) is 15.3. The van der Waals surface area contributed by atoms with Gasteiger partial charge in [0.1, 0.15) is 11.5 Å². The number of hydrogen-bond donors (Lipinski definition) is 1. The summed E-state index contributed by atoms with van der Waals surface area (Å²) in [6.45, 7) is 4.36. The van der Waals surface area contributed by atoms with Crippen molar-refractivity contribution in [3.8, 4) is 17.5 Å². The minimum absolute atomic E-state index is 0.111. The minimum atomic E-state index is -0.111. The Bertz CT molecular complexity index is 896.